The van der Waals surface area contributed by atoms with Crippen molar-refractivity contribution in [3.63, 3.8) is 0 Å². The van der Waals surface area contributed by atoms with E-state index in [9.17, 15) is 14.3 Å². The molecule has 1 atom stereocenters. The molecule has 0 aliphatic heterocycles. The molecule has 112 valence electrons. The lowest BCUT2D eigenvalue weighted by Gasteiger charge is -2.11. The highest BCUT2D eigenvalue weighted by Gasteiger charge is 2.15. The van der Waals surface area contributed by atoms with Crippen molar-refractivity contribution in [3.05, 3.63) is 58.8 Å². The lowest BCUT2D eigenvalue weighted by molar-refractivity contribution is 0.0938. The number of amides is 1. The third kappa shape index (κ3) is 3.70. The number of hydrogen-bond donors (Lipinski definition) is 2. The molecule has 4 nitrogen and oxygen atoms in total. The fraction of sp³-hybridized carbons (Fsp3) is 0.312. The third-order valence-corrected chi connectivity index (χ3v) is 3.26. The van der Waals surface area contributed by atoms with E-state index in [4.69, 9.17) is 4.42 Å². The zero-order valence-electron chi connectivity index (χ0n) is 12.0. The Morgan fingerprint density at radius 3 is 2.71 bits per heavy atom. The van der Waals surface area contributed by atoms with Gasteiger partial charge in [0.1, 0.15) is 17.3 Å². The van der Waals surface area contributed by atoms with Crippen LogP contribution in [-0.2, 0) is 0 Å². The van der Waals surface area contributed by atoms with Crippen molar-refractivity contribution >= 4 is 5.91 Å². The fourth-order valence-electron chi connectivity index (χ4n) is 2.20. The van der Waals surface area contributed by atoms with Gasteiger partial charge in [0, 0.05) is 12.1 Å². The summed E-state index contributed by atoms with van der Waals surface area (Å²) >= 11 is 0. The standard InChI is InChI=1S/C16H18FNO3/c1-10-9-13(11(2)21-10)15(19)7-8-18-16(20)12-5-3-4-6-14(12)17/h3-6,9,15,19H,7-8H2,1-2H3,(H,18,20)/t15-/m0/s1. The van der Waals surface area contributed by atoms with E-state index in [1.54, 1.807) is 19.1 Å². The summed E-state index contributed by atoms with van der Waals surface area (Å²) in [5, 5.41) is 12.7. The summed E-state index contributed by atoms with van der Waals surface area (Å²) in [4.78, 5) is 11.8. The van der Waals surface area contributed by atoms with Crippen molar-refractivity contribution in [2.45, 2.75) is 26.4 Å². The minimum atomic E-state index is -0.719. The third-order valence-electron chi connectivity index (χ3n) is 3.26. The highest BCUT2D eigenvalue weighted by atomic mass is 19.1. The molecule has 1 heterocycles. The Kier molecular flexibility index (Phi) is 4.75. The van der Waals surface area contributed by atoms with Gasteiger partial charge in [-0.15, -0.1) is 0 Å². The van der Waals surface area contributed by atoms with Crippen LogP contribution in [0.25, 0.3) is 0 Å². The molecule has 1 aromatic carbocycles. The van der Waals surface area contributed by atoms with Crippen LogP contribution in [0.2, 0.25) is 0 Å². The first-order valence-corrected chi connectivity index (χ1v) is 6.76. The normalized spacial score (nSPS) is 12.2. The largest absolute Gasteiger partial charge is 0.466 e. The molecule has 0 aliphatic rings. The molecule has 2 aromatic rings. The Balaban J connectivity index is 1.88. The van der Waals surface area contributed by atoms with Crippen LogP contribution in [0, 0.1) is 19.7 Å². The van der Waals surface area contributed by atoms with Gasteiger partial charge in [-0.3, -0.25) is 4.79 Å². The van der Waals surface area contributed by atoms with Gasteiger partial charge in [-0.25, -0.2) is 4.39 Å². The van der Waals surface area contributed by atoms with E-state index in [0.29, 0.717) is 17.7 Å². The van der Waals surface area contributed by atoms with Crippen LogP contribution >= 0.6 is 0 Å². The molecule has 0 radical (unpaired) electrons. The topological polar surface area (TPSA) is 62.5 Å². The monoisotopic (exact) mass is 291 g/mol. The van der Waals surface area contributed by atoms with Crippen LogP contribution in [0.3, 0.4) is 0 Å². The second-order valence-electron chi connectivity index (χ2n) is 4.91. The van der Waals surface area contributed by atoms with Crippen LogP contribution in [0.1, 0.15) is 40.0 Å². The number of nitrogens with one attached hydrogen (secondary N) is 1. The molecular weight excluding hydrogens is 273 g/mol. The molecule has 0 fully saturated rings. The fourth-order valence-corrected chi connectivity index (χ4v) is 2.20. The minimum Gasteiger partial charge on any atom is -0.466 e. The van der Waals surface area contributed by atoms with E-state index in [0.717, 1.165) is 5.76 Å². The van der Waals surface area contributed by atoms with Gasteiger partial charge in [-0.05, 0) is 38.5 Å². The Morgan fingerprint density at radius 2 is 2.10 bits per heavy atom. The maximum absolute atomic E-state index is 13.4. The number of halogens is 1. The van der Waals surface area contributed by atoms with E-state index in [2.05, 4.69) is 5.32 Å². The van der Waals surface area contributed by atoms with E-state index < -0.39 is 17.8 Å². The van der Waals surface area contributed by atoms with Gasteiger partial charge in [0.05, 0.1) is 11.7 Å². The Labute approximate surface area is 122 Å². The summed E-state index contributed by atoms with van der Waals surface area (Å²) in [5.74, 6) is 0.356. The summed E-state index contributed by atoms with van der Waals surface area (Å²) in [6.45, 7) is 3.84. The number of aliphatic hydroxyl groups is 1. The van der Waals surface area contributed by atoms with Gasteiger partial charge in [0.2, 0.25) is 0 Å². The first-order chi connectivity index (χ1) is 9.99. The van der Waals surface area contributed by atoms with Gasteiger partial charge in [0.15, 0.2) is 0 Å². The number of carbonyl (C=O) groups is 1. The number of carbonyl (C=O) groups excluding carboxylic acids is 1. The molecule has 0 bridgehead atoms. The minimum absolute atomic E-state index is 0.00215. The number of hydrogen-bond acceptors (Lipinski definition) is 3. The molecule has 0 aliphatic carbocycles. The van der Waals surface area contributed by atoms with Gasteiger partial charge in [0.25, 0.3) is 5.91 Å². The maximum Gasteiger partial charge on any atom is 0.254 e. The van der Waals surface area contributed by atoms with Crippen molar-refractivity contribution in [3.8, 4) is 0 Å². The van der Waals surface area contributed by atoms with Crippen molar-refractivity contribution in [1.29, 1.82) is 0 Å². The second kappa shape index (κ2) is 6.54. The number of benzene rings is 1. The molecule has 0 unspecified atom stereocenters. The second-order valence-corrected chi connectivity index (χ2v) is 4.91. The summed E-state index contributed by atoms with van der Waals surface area (Å²) in [5.41, 5.74) is 0.718. The predicted octanol–water partition coefficient (Wildman–Crippen LogP) is 2.89. The lowest BCUT2D eigenvalue weighted by atomic mass is 10.1. The van der Waals surface area contributed by atoms with E-state index in [1.165, 1.54) is 18.2 Å². The maximum atomic E-state index is 13.4. The molecule has 0 saturated heterocycles. The molecule has 1 amide bonds. The van der Waals surface area contributed by atoms with Crippen LogP contribution in [0.5, 0.6) is 0 Å². The van der Waals surface area contributed by atoms with Crippen molar-refractivity contribution < 1.29 is 18.7 Å². The van der Waals surface area contributed by atoms with Gasteiger partial charge in [-0.1, -0.05) is 12.1 Å². The van der Waals surface area contributed by atoms with Crippen LogP contribution in [-0.4, -0.2) is 17.6 Å². The molecule has 1 aromatic heterocycles. The first-order valence-electron chi connectivity index (χ1n) is 6.76. The molecule has 2 rings (SSSR count). The van der Waals surface area contributed by atoms with Crippen molar-refractivity contribution in [1.82, 2.24) is 5.32 Å². The average Bonchev–Trinajstić information content (AvgIpc) is 2.78. The Morgan fingerprint density at radius 1 is 1.38 bits per heavy atom. The van der Waals surface area contributed by atoms with Gasteiger partial charge < -0.3 is 14.8 Å². The Hall–Kier alpha value is -2.14. The number of aliphatic hydroxyl groups excluding tert-OH is 1. The number of furan rings is 1. The summed E-state index contributed by atoms with van der Waals surface area (Å²) < 4.78 is 18.8. The SMILES string of the molecule is Cc1cc([C@@H](O)CCNC(=O)c2ccccc2F)c(C)o1. The number of aryl methyl sites for hydroxylation is 2. The van der Waals surface area contributed by atoms with Crippen molar-refractivity contribution in [2.24, 2.45) is 0 Å². The molecule has 5 heteroatoms. The van der Waals surface area contributed by atoms with E-state index in [1.807, 2.05) is 6.92 Å². The smallest absolute Gasteiger partial charge is 0.254 e. The highest BCUT2D eigenvalue weighted by Crippen LogP contribution is 2.23. The number of rotatable bonds is 5. The average molecular weight is 291 g/mol. The summed E-state index contributed by atoms with van der Waals surface area (Å²) in [7, 11) is 0. The van der Waals surface area contributed by atoms with Crippen molar-refractivity contribution in [2.75, 3.05) is 6.54 Å². The van der Waals surface area contributed by atoms with Crippen LogP contribution in [0.15, 0.2) is 34.7 Å². The molecule has 0 spiro atoms. The summed E-state index contributed by atoms with van der Waals surface area (Å²) in [6.07, 6.45) is -0.386. The molecule has 21 heavy (non-hydrogen) atoms. The van der Waals surface area contributed by atoms with Crippen LogP contribution in [0.4, 0.5) is 4.39 Å². The molecule has 2 N–H and O–H groups in total. The molecule has 0 saturated carbocycles. The zero-order chi connectivity index (χ0) is 15.4. The highest BCUT2D eigenvalue weighted by molar-refractivity contribution is 5.94. The summed E-state index contributed by atoms with van der Waals surface area (Å²) in [6, 6.07) is 7.56. The molecular formula is C16H18FNO3. The zero-order valence-corrected chi connectivity index (χ0v) is 12.0. The first kappa shape index (κ1) is 15.3. The Bertz CT molecular complexity index is 636. The lowest BCUT2D eigenvalue weighted by Crippen LogP contribution is -2.26. The van der Waals surface area contributed by atoms with Crippen LogP contribution < -0.4 is 5.32 Å². The quantitative estimate of drug-likeness (QED) is 0.890. The van der Waals surface area contributed by atoms with E-state index >= 15 is 0 Å². The van der Waals surface area contributed by atoms with E-state index in [-0.39, 0.29) is 12.1 Å². The van der Waals surface area contributed by atoms with Gasteiger partial charge >= 0.3 is 0 Å². The predicted molar refractivity (Wildman–Crippen MR) is 76.5 cm³/mol. The van der Waals surface area contributed by atoms with Gasteiger partial charge in [-0.2, -0.15) is 0 Å².